The summed E-state index contributed by atoms with van der Waals surface area (Å²) in [6.45, 7) is -2.47. The molecule has 4 aromatic rings. The van der Waals surface area contributed by atoms with Gasteiger partial charge >= 0.3 is 0 Å². The van der Waals surface area contributed by atoms with E-state index in [4.69, 9.17) is 44.1 Å². The lowest BCUT2D eigenvalue weighted by molar-refractivity contribution is -0.313. The quantitative estimate of drug-likeness (QED) is 0.0420. The number of carbonyl (C=O) groups excluding carboxylic acids is 6. The standard InChI is InChI=1S/C52H70N8O16/c1-54-52(70)40(53)12-13-45(61)55-14-10-8-9-11-15-58(24-34-16-32(50-41(73-4)20-38(71-2)21-42(50)74-5)18-36(56-34)26-59(28-46(62)63)29-47(64)65)25-35-17-33(51-43(75-6)22-39(72-3)23-44(51)76-7)19-37(57-35)27-60(30-48(66)67)31-49(68)69/h16-23,40H,8-15,24-31,53H2,1-7H3,(H,54,70)(H,55,61)(H,62,63)(H,64,65)(H,66,67)(H,68,69)/p-4. The van der Waals surface area contributed by atoms with Gasteiger partial charge in [-0.2, -0.15) is 0 Å². The van der Waals surface area contributed by atoms with Crippen LogP contribution in [0.2, 0.25) is 0 Å². The smallest absolute Gasteiger partial charge is 0.236 e. The molecule has 0 aliphatic carbocycles. The number of ether oxygens (including phenoxy) is 6. The molecule has 24 heteroatoms. The zero-order chi connectivity index (χ0) is 55.9. The number of benzene rings is 2. The Balaban J connectivity index is 1.85. The van der Waals surface area contributed by atoms with Crippen molar-refractivity contribution < 1.29 is 77.6 Å². The lowest BCUT2D eigenvalue weighted by Gasteiger charge is -2.26. The molecular formula is C52H66N8O16-4. The first-order valence-corrected chi connectivity index (χ1v) is 24.1. The van der Waals surface area contributed by atoms with E-state index in [0.29, 0.717) is 100 Å². The molecule has 2 heterocycles. The number of nitrogens with zero attached hydrogens (tertiary/aromatic N) is 5. The van der Waals surface area contributed by atoms with Gasteiger partial charge in [0.05, 0.1) is 106 Å². The minimum atomic E-state index is -1.52. The Labute approximate surface area is 441 Å². The molecule has 0 aliphatic rings. The molecule has 2 aromatic heterocycles. The van der Waals surface area contributed by atoms with Gasteiger partial charge in [-0.25, -0.2) is 0 Å². The maximum Gasteiger partial charge on any atom is 0.236 e. The van der Waals surface area contributed by atoms with Gasteiger partial charge in [-0.05, 0) is 61.2 Å². The average molecular weight is 1060 g/mol. The summed E-state index contributed by atoms with van der Waals surface area (Å²) >= 11 is 0. The number of aromatic nitrogens is 2. The molecule has 1 atom stereocenters. The van der Waals surface area contributed by atoms with Crippen LogP contribution in [-0.4, -0.2) is 155 Å². The molecule has 0 spiro atoms. The Kier molecular flexibility index (Phi) is 24.4. The van der Waals surface area contributed by atoms with Crippen LogP contribution in [0.25, 0.3) is 22.3 Å². The highest BCUT2D eigenvalue weighted by atomic mass is 16.5. The van der Waals surface area contributed by atoms with Gasteiger partial charge in [0.25, 0.3) is 0 Å². The Morgan fingerprint density at radius 2 is 0.882 bits per heavy atom. The number of carboxylic acids is 4. The minimum absolute atomic E-state index is 0.0879. The monoisotopic (exact) mass is 1060 g/mol. The molecule has 2 amide bonds. The van der Waals surface area contributed by atoms with Crippen molar-refractivity contribution in [2.24, 2.45) is 5.73 Å². The number of pyridine rings is 2. The largest absolute Gasteiger partial charge is 0.549 e. The zero-order valence-corrected chi connectivity index (χ0v) is 43.9. The van der Waals surface area contributed by atoms with Crippen molar-refractivity contribution in [3.8, 4) is 56.8 Å². The second kappa shape index (κ2) is 30.5. The van der Waals surface area contributed by atoms with E-state index in [1.54, 1.807) is 48.5 Å². The van der Waals surface area contributed by atoms with Crippen LogP contribution in [0.1, 0.15) is 61.3 Å². The van der Waals surface area contributed by atoms with Crippen LogP contribution in [0.15, 0.2) is 48.5 Å². The van der Waals surface area contributed by atoms with Gasteiger partial charge in [0.1, 0.15) is 34.5 Å². The van der Waals surface area contributed by atoms with E-state index in [0.717, 1.165) is 16.2 Å². The van der Waals surface area contributed by atoms with E-state index in [9.17, 15) is 49.2 Å². The molecule has 0 bridgehead atoms. The second-order valence-corrected chi connectivity index (χ2v) is 17.5. The first kappa shape index (κ1) is 60.8. The van der Waals surface area contributed by atoms with Crippen molar-refractivity contribution in [1.29, 1.82) is 0 Å². The number of hydrogen-bond donors (Lipinski definition) is 3. The fourth-order valence-corrected chi connectivity index (χ4v) is 8.42. The number of carboxylic acid groups (broad SMARTS) is 4. The number of carbonyl (C=O) groups is 6. The maximum atomic E-state index is 12.5. The summed E-state index contributed by atoms with van der Waals surface area (Å²) in [6, 6.07) is 12.7. The number of hydrogen-bond acceptors (Lipinski definition) is 22. The third-order valence-corrected chi connectivity index (χ3v) is 11.8. The summed E-state index contributed by atoms with van der Waals surface area (Å²) in [7, 11) is 10.3. The molecule has 4 rings (SSSR count). The molecule has 0 radical (unpaired) electrons. The number of methoxy groups -OCH3 is 6. The average Bonchev–Trinajstić information content (AvgIpc) is 3.37. The molecule has 76 heavy (non-hydrogen) atoms. The Bertz CT molecular complexity index is 2400. The van der Waals surface area contributed by atoms with E-state index in [-0.39, 0.29) is 62.2 Å². The highest BCUT2D eigenvalue weighted by Crippen LogP contribution is 2.44. The van der Waals surface area contributed by atoms with Gasteiger partial charge in [-0.3, -0.25) is 34.3 Å². The van der Waals surface area contributed by atoms with E-state index in [1.165, 1.54) is 49.7 Å². The molecule has 1 unspecified atom stereocenters. The van der Waals surface area contributed by atoms with Crippen molar-refractivity contribution in [3.63, 3.8) is 0 Å². The fraction of sp³-hybridized carbons (Fsp3) is 0.462. The predicted molar refractivity (Wildman–Crippen MR) is 266 cm³/mol. The van der Waals surface area contributed by atoms with Gasteiger partial charge in [0, 0.05) is 96.6 Å². The predicted octanol–water partition coefficient (Wildman–Crippen LogP) is -2.00. The number of aliphatic carboxylic acids is 4. The number of likely N-dealkylation sites (N-methyl/N-ethyl adjacent to an activating group) is 1. The first-order chi connectivity index (χ1) is 36.3. The molecule has 0 saturated carbocycles. The molecule has 0 fully saturated rings. The van der Waals surface area contributed by atoms with Crippen LogP contribution in [0, 0.1) is 0 Å². The normalized spacial score (nSPS) is 11.5. The number of rotatable bonds is 35. The molecule has 24 nitrogen and oxygen atoms in total. The van der Waals surface area contributed by atoms with E-state index in [2.05, 4.69) is 10.6 Å². The van der Waals surface area contributed by atoms with Crippen molar-refractivity contribution in [2.45, 2.75) is 70.7 Å². The van der Waals surface area contributed by atoms with Gasteiger partial charge in [0.2, 0.25) is 11.8 Å². The van der Waals surface area contributed by atoms with Crippen molar-refractivity contribution in [3.05, 3.63) is 71.3 Å². The summed E-state index contributed by atoms with van der Waals surface area (Å²) in [5.41, 5.74) is 9.25. The van der Waals surface area contributed by atoms with Crippen LogP contribution < -0.4 is 65.2 Å². The topological polar surface area (TPSA) is 336 Å². The van der Waals surface area contributed by atoms with Crippen LogP contribution in [0.5, 0.6) is 34.5 Å². The van der Waals surface area contributed by atoms with E-state index in [1.807, 2.05) is 4.90 Å². The van der Waals surface area contributed by atoms with Gasteiger partial charge < -0.3 is 84.4 Å². The Hall–Kier alpha value is -7.80. The lowest BCUT2D eigenvalue weighted by Crippen LogP contribution is -2.43. The summed E-state index contributed by atoms with van der Waals surface area (Å²) in [6.07, 6.45) is 2.96. The SMILES string of the molecule is CNC(=O)C(N)CCC(=O)NCCCCCCN(Cc1cc(-c2c(OC)cc(OC)cc2OC)cc(CN(CC(=O)[O-])CC(=O)[O-])n1)Cc1cc(-c2c(OC)cc(OC)cc2OC)cc(CN(CC(=O)[O-])CC(=O)[O-])n1. The number of nitrogens with one attached hydrogen (secondary N) is 2. The van der Waals surface area contributed by atoms with Gasteiger partial charge in [0.15, 0.2) is 0 Å². The Morgan fingerprint density at radius 3 is 1.21 bits per heavy atom. The highest BCUT2D eigenvalue weighted by Gasteiger charge is 2.23. The third kappa shape index (κ3) is 19.2. The highest BCUT2D eigenvalue weighted by molar-refractivity contribution is 5.83. The van der Waals surface area contributed by atoms with Gasteiger partial charge in [-0.15, -0.1) is 0 Å². The number of nitrogens with two attached hydrogens (primary N) is 1. The summed E-state index contributed by atoms with van der Waals surface area (Å²) < 4.78 is 34.2. The van der Waals surface area contributed by atoms with E-state index < -0.39 is 56.1 Å². The molecule has 4 N–H and O–H groups in total. The fourth-order valence-electron chi connectivity index (χ4n) is 8.42. The summed E-state index contributed by atoms with van der Waals surface area (Å²) in [5, 5.41) is 52.6. The van der Waals surface area contributed by atoms with E-state index >= 15 is 0 Å². The van der Waals surface area contributed by atoms with Crippen LogP contribution in [0.3, 0.4) is 0 Å². The molecule has 0 aliphatic heterocycles. The summed E-state index contributed by atoms with van der Waals surface area (Å²) in [5.74, 6) is -4.39. The molecule has 414 valence electrons. The van der Waals surface area contributed by atoms with Crippen LogP contribution in [-0.2, 0) is 54.9 Å². The number of unbranched alkanes of at least 4 members (excludes halogenated alkanes) is 3. The molecule has 2 aromatic carbocycles. The minimum Gasteiger partial charge on any atom is -0.549 e. The zero-order valence-electron chi connectivity index (χ0n) is 43.9. The molecular weight excluding hydrogens is 993 g/mol. The third-order valence-electron chi connectivity index (χ3n) is 11.8. The Morgan fingerprint density at radius 1 is 0.526 bits per heavy atom. The lowest BCUT2D eigenvalue weighted by atomic mass is 10.0. The maximum absolute atomic E-state index is 12.5. The van der Waals surface area contributed by atoms with Crippen LogP contribution >= 0.6 is 0 Å². The van der Waals surface area contributed by atoms with Crippen molar-refractivity contribution in [1.82, 2.24) is 35.3 Å². The summed E-state index contributed by atoms with van der Waals surface area (Å²) in [4.78, 5) is 85.6. The first-order valence-electron chi connectivity index (χ1n) is 24.1. The number of amides is 2. The molecule has 0 saturated heterocycles. The van der Waals surface area contributed by atoms with Crippen molar-refractivity contribution >= 4 is 35.7 Å². The van der Waals surface area contributed by atoms with Gasteiger partial charge in [-0.1, -0.05) is 12.8 Å². The van der Waals surface area contributed by atoms with Crippen molar-refractivity contribution in [2.75, 3.05) is 89.0 Å². The van der Waals surface area contributed by atoms with Crippen LogP contribution in [0.4, 0.5) is 0 Å². The second-order valence-electron chi connectivity index (χ2n) is 17.5.